The van der Waals surface area contributed by atoms with Crippen LogP contribution in [-0.2, 0) is 4.79 Å². The molecule has 7 nitrogen and oxygen atoms in total. The van der Waals surface area contributed by atoms with E-state index in [4.69, 9.17) is 0 Å². The van der Waals surface area contributed by atoms with E-state index in [1.54, 1.807) is 7.05 Å². The zero-order chi connectivity index (χ0) is 18.6. The van der Waals surface area contributed by atoms with Crippen LogP contribution < -0.4 is 10.2 Å². The van der Waals surface area contributed by atoms with Crippen molar-refractivity contribution >= 4 is 17.4 Å². The molecule has 142 valence electrons. The fourth-order valence-electron chi connectivity index (χ4n) is 4.02. The van der Waals surface area contributed by atoms with E-state index in [2.05, 4.69) is 31.5 Å². The van der Waals surface area contributed by atoms with Crippen LogP contribution >= 0.6 is 0 Å². The predicted octanol–water partition coefficient (Wildman–Crippen LogP) is 3.15. The number of carbonyl (C=O) groups is 1. The lowest BCUT2D eigenvalue weighted by molar-refractivity contribution is -0.128. The highest BCUT2D eigenvalue weighted by Gasteiger charge is 2.28. The number of pyridine rings is 1. The highest BCUT2D eigenvalue weighted by Crippen LogP contribution is 2.31. The summed E-state index contributed by atoms with van der Waals surface area (Å²) in [5.41, 5.74) is 3.13. The molecule has 1 aromatic heterocycles. The molecule has 0 radical (unpaired) electrons. The molecule has 0 atom stereocenters. The Morgan fingerprint density at radius 1 is 1.15 bits per heavy atom. The van der Waals surface area contributed by atoms with Crippen LogP contribution in [0, 0.1) is 0 Å². The summed E-state index contributed by atoms with van der Waals surface area (Å²) in [6.45, 7) is 3.30. The van der Waals surface area contributed by atoms with Crippen molar-refractivity contribution in [1.29, 1.82) is 0 Å². The minimum Gasteiger partial charge on any atom is -0.367 e. The summed E-state index contributed by atoms with van der Waals surface area (Å²) < 4.78 is 0. The second-order valence-electron chi connectivity index (χ2n) is 7.18. The summed E-state index contributed by atoms with van der Waals surface area (Å²) in [7, 11) is 1.64. The maximum absolute atomic E-state index is 12.8. The minimum atomic E-state index is 0.196. The number of hydrogen-bond donors (Lipinski definition) is 1. The molecular formula is C20H26N6O. The van der Waals surface area contributed by atoms with Crippen molar-refractivity contribution in [2.45, 2.75) is 32.1 Å². The molecule has 0 spiro atoms. The number of anilines is 1. The molecule has 3 aliphatic heterocycles. The highest BCUT2D eigenvalue weighted by molar-refractivity contribution is 5.95. The molecule has 3 aliphatic rings. The van der Waals surface area contributed by atoms with Crippen molar-refractivity contribution in [3.05, 3.63) is 41.4 Å². The van der Waals surface area contributed by atoms with Crippen LogP contribution in [-0.4, -0.2) is 49.0 Å². The van der Waals surface area contributed by atoms with Crippen LogP contribution in [0.5, 0.6) is 0 Å². The van der Waals surface area contributed by atoms with Gasteiger partial charge in [-0.1, -0.05) is 0 Å². The standard InChI is InChI=1S/C20H26N6O/c1-21-24-18-8-7-17(14-22-18)26-11-5-6-15-12-16(13-23-19(15)26)20(27)25-9-3-2-4-10-25/h7-8,12,14,23H,2-6,9-11,13H2,1H3/b24-21+. The maximum Gasteiger partial charge on any atom is 0.251 e. The second-order valence-corrected chi connectivity index (χ2v) is 7.18. The summed E-state index contributed by atoms with van der Waals surface area (Å²) in [5, 5.41) is 11.2. The molecule has 0 aliphatic carbocycles. The van der Waals surface area contributed by atoms with Gasteiger partial charge in [0.05, 0.1) is 11.9 Å². The lowest BCUT2D eigenvalue weighted by atomic mass is 9.98. The van der Waals surface area contributed by atoms with E-state index in [1.165, 1.54) is 12.0 Å². The lowest BCUT2D eigenvalue weighted by Crippen LogP contribution is -2.43. The Morgan fingerprint density at radius 3 is 2.74 bits per heavy atom. The molecule has 1 N–H and O–H groups in total. The van der Waals surface area contributed by atoms with E-state index >= 15 is 0 Å². The molecular weight excluding hydrogens is 340 g/mol. The molecule has 0 unspecified atom stereocenters. The smallest absolute Gasteiger partial charge is 0.251 e. The number of aromatic nitrogens is 1. The first kappa shape index (κ1) is 17.7. The number of nitrogens with zero attached hydrogens (tertiary/aromatic N) is 5. The number of piperidine rings is 1. The number of azo groups is 1. The van der Waals surface area contributed by atoms with E-state index in [1.807, 2.05) is 23.2 Å². The first-order valence-electron chi connectivity index (χ1n) is 9.76. The van der Waals surface area contributed by atoms with Crippen LogP contribution in [0.3, 0.4) is 0 Å². The van der Waals surface area contributed by atoms with Gasteiger partial charge in [-0.25, -0.2) is 4.98 Å². The van der Waals surface area contributed by atoms with Gasteiger partial charge in [0.25, 0.3) is 5.91 Å². The quantitative estimate of drug-likeness (QED) is 0.834. The van der Waals surface area contributed by atoms with Crippen molar-refractivity contribution in [2.75, 3.05) is 38.1 Å². The normalized spacial score (nSPS) is 20.4. The molecule has 0 saturated carbocycles. The molecule has 7 heteroatoms. The third kappa shape index (κ3) is 3.72. The van der Waals surface area contributed by atoms with Gasteiger partial charge in [0.1, 0.15) is 5.82 Å². The second kappa shape index (κ2) is 7.90. The van der Waals surface area contributed by atoms with Gasteiger partial charge in [-0.2, -0.15) is 5.11 Å². The van der Waals surface area contributed by atoms with Gasteiger partial charge in [-0.15, -0.1) is 5.11 Å². The van der Waals surface area contributed by atoms with Crippen LogP contribution in [0.25, 0.3) is 0 Å². The molecule has 4 heterocycles. The number of allylic oxidation sites excluding steroid dienone is 2. The molecule has 1 fully saturated rings. The monoisotopic (exact) mass is 366 g/mol. The summed E-state index contributed by atoms with van der Waals surface area (Å²) in [6, 6.07) is 3.90. The molecule has 4 rings (SSSR count). The first-order valence-corrected chi connectivity index (χ1v) is 9.76. The Morgan fingerprint density at radius 2 is 2.00 bits per heavy atom. The van der Waals surface area contributed by atoms with Crippen molar-refractivity contribution in [3.63, 3.8) is 0 Å². The number of hydrogen-bond acceptors (Lipinski definition) is 6. The van der Waals surface area contributed by atoms with Gasteiger partial charge in [0.2, 0.25) is 0 Å². The number of nitrogens with one attached hydrogen (secondary N) is 1. The van der Waals surface area contributed by atoms with Gasteiger partial charge >= 0.3 is 0 Å². The van der Waals surface area contributed by atoms with Gasteiger partial charge in [0.15, 0.2) is 5.82 Å². The number of likely N-dealkylation sites (tertiary alicyclic amines) is 1. The first-order chi connectivity index (χ1) is 13.3. The van der Waals surface area contributed by atoms with Gasteiger partial charge < -0.3 is 15.1 Å². The van der Waals surface area contributed by atoms with Crippen molar-refractivity contribution in [3.8, 4) is 0 Å². The third-order valence-corrected chi connectivity index (χ3v) is 5.36. The third-order valence-electron chi connectivity index (χ3n) is 5.36. The van der Waals surface area contributed by atoms with Crippen molar-refractivity contribution in [2.24, 2.45) is 10.2 Å². The number of amides is 1. The van der Waals surface area contributed by atoms with E-state index < -0.39 is 0 Å². The topological polar surface area (TPSA) is 73.2 Å². The highest BCUT2D eigenvalue weighted by atomic mass is 16.2. The minimum absolute atomic E-state index is 0.196. The Balaban J connectivity index is 1.56. The fraction of sp³-hybridized carbons (Fsp3) is 0.500. The van der Waals surface area contributed by atoms with E-state index in [9.17, 15) is 4.79 Å². The Hall–Kier alpha value is -2.70. The summed E-state index contributed by atoms with van der Waals surface area (Å²) >= 11 is 0. The van der Waals surface area contributed by atoms with Crippen molar-refractivity contribution in [1.82, 2.24) is 15.2 Å². The van der Waals surface area contributed by atoms with Crippen LogP contribution in [0.1, 0.15) is 32.1 Å². The molecule has 1 amide bonds. The summed E-state index contributed by atoms with van der Waals surface area (Å²) in [6.07, 6.45) is 9.47. The summed E-state index contributed by atoms with van der Waals surface area (Å²) in [5.74, 6) is 1.91. The Labute approximate surface area is 159 Å². The molecule has 27 heavy (non-hydrogen) atoms. The maximum atomic E-state index is 12.8. The Bertz CT molecular complexity index is 789. The van der Waals surface area contributed by atoms with Crippen LogP contribution in [0.4, 0.5) is 11.5 Å². The molecule has 0 aromatic carbocycles. The largest absolute Gasteiger partial charge is 0.367 e. The average Bonchev–Trinajstić information content (AvgIpc) is 2.74. The summed E-state index contributed by atoms with van der Waals surface area (Å²) in [4.78, 5) is 21.4. The SMILES string of the molecule is C/N=N/c1ccc(N2CCCC3=C2NCC(C(=O)N2CCCCC2)=C3)cn1. The number of dihydropyridines is 1. The van der Waals surface area contributed by atoms with E-state index in [0.717, 1.165) is 62.4 Å². The van der Waals surface area contributed by atoms with Gasteiger partial charge in [0, 0.05) is 38.8 Å². The number of carbonyl (C=O) groups excluding carboxylic acids is 1. The van der Waals surface area contributed by atoms with Crippen LogP contribution in [0.15, 0.2) is 51.6 Å². The molecule has 1 saturated heterocycles. The predicted molar refractivity (Wildman–Crippen MR) is 105 cm³/mol. The number of rotatable bonds is 3. The molecule has 1 aromatic rings. The van der Waals surface area contributed by atoms with E-state index in [-0.39, 0.29) is 5.91 Å². The van der Waals surface area contributed by atoms with E-state index in [0.29, 0.717) is 12.4 Å². The average molecular weight is 366 g/mol. The Kier molecular flexibility index (Phi) is 5.18. The van der Waals surface area contributed by atoms with Gasteiger partial charge in [-0.05, 0) is 55.9 Å². The fourth-order valence-corrected chi connectivity index (χ4v) is 4.02. The zero-order valence-corrected chi connectivity index (χ0v) is 15.8. The van der Waals surface area contributed by atoms with Crippen molar-refractivity contribution < 1.29 is 4.79 Å². The lowest BCUT2D eigenvalue weighted by Gasteiger charge is -2.37. The van der Waals surface area contributed by atoms with Crippen LogP contribution in [0.2, 0.25) is 0 Å². The van der Waals surface area contributed by atoms with Gasteiger partial charge in [-0.3, -0.25) is 4.79 Å². The molecule has 0 bridgehead atoms. The zero-order valence-electron chi connectivity index (χ0n) is 15.8.